The zero-order valence-corrected chi connectivity index (χ0v) is 21.1. The maximum atomic E-state index is 13.1. The Kier molecular flexibility index (Phi) is 7.47. The maximum Gasteiger partial charge on any atom is 0.410 e. The summed E-state index contributed by atoms with van der Waals surface area (Å²) < 4.78 is 14.4. The van der Waals surface area contributed by atoms with Gasteiger partial charge >= 0.3 is 6.09 Å². The number of hydrogen-bond donors (Lipinski definition) is 0. The van der Waals surface area contributed by atoms with E-state index in [1.54, 1.807) is 23.4 Å². The van der Waals surface area contributed by atoms with Gasteiger partial charge in [-0.25, -0.2) is 4.79 Å². The average Bonchev–Trinajstić information content (AvgIpc) is 3.23. The number of benzene rings is 1. The van der Waals surface area contributed by atoms with E-state index in [1.807, 2.05) is 54.3 Å². The molecule has 4 rings (SSSR count). The fourth-order valence-electron chi connectivity index (χ4n) is 4.28. The van der Waals surface area contributed by atoms with Gasteiger partial charge in [0.15, 0.2) is 5.16 Å². The van der Waals surface area contributed by atoms with Crippen molar-refractivity contribution in [1.29, 1.82) is 0 Å². The van der Waals surface area contributed by atoms with Gasteiger partial charge in [0.25, 0.3) is 5.56 Å². The van der Waals surface area contributed by atoms with Gasteiger partial charge in [-0.1, -0.05) is 23.9 Å². The Morgan fingerprint density at radius 3 is 2.79 bits per heavy atom. The van der Waals surface area contributed by atoms with Crippen molar-refractivity contribution in [2.45, 2.75) is 57.3 Å². The van der Waals surface area contributed by atoms with Crippen LogP contribution in [0.5, 0.6) is 0 Å². The number of likely N-dealkylation sites (tertiary alicyclic amines) is 1. The van der Waals surface area contributed by atoms with Crippen LogP contribution in [0, 0.1) is 5.92 Å². The molecule has 0 aliphatic carbocycles. The first kappa shape index (κ1) is 24.5. The smallest absolute Gasteiger partial charge is 0.410 e. The number of hydrogen-bond acceptors (Lipinski definition) is 7. The summed E-state index contributed by atoms with van der Waals surface area (Å²) in [5.41, 5.74) is 0.236. The number of carbonyl (C=O) groups is 1. The highest BCUT2D eigenvalue weighted by Gasteiger charge is 2.28. The van der Waals surface area contributed by atoms with Crippen LogP contribution >= 0.6 is 11.8 Å². The molecule has 3 heterocycles. The van der Waals surface area contributed by atoms with Crippen molar-refractivity contribution in [3.05, 3.63) is 34.6 Å². The first-order valence-corrected chi connectivity index (χ1v) is 12.7. The van der Waals surface area contributed by atoms with Crippen LogP contribution in [0.15, 0.2) is 34.2 Å². The number of aromatic nitrogens is 4. The van der Waals surface area contributed by atoms with E-state index < -0.39 is 5.60 Å². The minimum atomic E-state index is -0.501. The Balaban J connectivity index is 1.56. The number of para-hydroxylation sites is 1. The van der Waals surface area contributed by atoms with E-state index in [9.17, 15) is 9.59 Å². The van der Waals surface area contributed by atoms with Gasteiger partial charge in [0.1, 0.15) is 5.60 Å². The Morgan fingerprint density at radius 2 is 2.03 bits per heavy atom. The largest absolute Gasteiger partial charge is 0.444 e. The summed E-state index contributed by atoms with van der Waals surface area (Å²) in [4.78, 5) is 27.5. The first-order valence-electron chi connectivity index (χ1n) is 11.7. The van der Waals surface area contributed by atoms with Crippen LogP contribution in [0.25, 0.3) is 16.7 Å². The molecule has 0 N–H and O–H groups in total. The summed E-state index contributed by atoms with van der Waals surface area (Å²) in [5, 5.41) is 10.2. The van der Waals surface area contributed by atoms with E-state index in [0.29, 0.717) is 43.2 Å². The summed E-state index contributed by atoms with van der Waals surface area (Å²) in [7, 11) is 1.65. The van der Waals surface area contributed by atoms with Gasteiger partial charge in [0.2, 0.25) is 5.78 Å². The molecule has 0 unspecified atom stereocenters. The van der Waals surface area contributed by atoms with Crippen LogP contribution in [-0.2, 0) is 16.0 Å². The van der Waals surface area contributed by atoms with Crippen molar-refractivity contribution in [1.82, 2.24) is 24.1 Å². The van der Waals surface area contributed by atoms with Gasteiger partial charge in [0.05, 0.1) is 10.9 Å². The van der Waals surface area contributed by atoms with Crippen LogP contribution in [0.2, 0.25) is 0 Å². The molecule has 1 saturated heterocycles. The fourth-order valence-corrected chi connectivity index (χ4v) is 5.35. The van der Waals surface area contributed by atoms with Crippen molar-refractivity contribution in [2.24, 2.45) is 5.92 Å². The van der Waals surface area contributed by atoms with Gasteiger partial charge < -0.3 is 14.4 Å². The van der Waals surface area contributed by atoms with Gasteiger partial charge in [0, 0.05) is 39.1 Å². The van der Waals surface area contributed by atoms with Crippen molar-refractivity contribution in [2.75, 3.05) is 32.6 Å². The van der Waals surface area contributed by atoms with Crippen molar-refractivity contribution >= 4 is 34.5 Å². The SMILES string of the molecule is COCCCn1c(=O)c2ccccc2n2c(SC[C@@H]3CCCN(C(=O)OC(C)(C)C)C3)nnc12. The maximum absolute atomic E-state index is 13.1. The van der Waals surface area contributed by atoms with Crippen LogP contribution in [0.3, 0.4) is 0 Å². The Bertz CT molecular complexity index is 1220. The van der Waals surface area contributed by atoms with E-state index >= 15 is 0 Å². The summed E-state index contributed by atoms with van der Waals surface area (Å²) in [5.74, 6) is 1.68. The molecule has 3 aromatic rings. The Labute approximate surface area is 203 Å². The van der Waals surface area contributed by atoms with E-state index in [2.05, 4.69) is 10.2 Å². The number of piperidine rings is 1. The molecule has 34 heavy (non-hydrogen) atoms. The number of fused-ring (bicyclic) bond motifs is 3. The molecule has 1 amide bonds. The second-order valence-electron chi connectivity index (χ2n) is 9.68. The van der Waals surface area contributed by atoms with Crippen molar-refractivity contribution in [3.63, 3.8) is 0 Å². The zero-order chi connectivity index (χ0) is 24.3. The first-order chi connectivity index (χ1) is 16.3. The summed E-state index contributed by atoms with van der Waals surface area (Å²) in [6, 6.07) is 7.57. The predicted molar refractivity (Wildman–Crippen MR) is 133 cm³/mol. The summed E-state index contributed by atoms with van der Waals surface area (Å²) in [6.45, 7) is 8.13. The molecular weight excluding hydrogens is 454 g/mol. The normalized spacial score (nSPS) is 16.9. The summed E-state index contributed by atoms with van der Waals surface area (Å²) >= 11 is 1.62. The zero-order valence-electron chi connectivity index (χ0n) is 20.3. The topological polar surface area (TPSA) is 91.0 Å². The standard InChI is InChI=1S/C24H33N5O4S/c1-24(2,3)33-23(31)27-12-7-9-17(15-27)16-34-22-26-25-21-28(13-8-14-32-4)20(30)18-10-5-6-11-19(18)29(21)22/h5-6,10-11,17H,7-9,12-16H2,1-4H3/t17-/m1/s1. The monoisotopic (exact) mass is 487 g/mol. The highest BCUT2D eigenvalue weighted by Crippen LogP contribution is 2.27. The lowest BCUT2D eigenvalue weighted by molar-refractivity contribution is 0.0177. The van der Waals surface area contributed by atoms with Crippen LogP contribution < -0.4 is 5.56 Å². The molecule has 9 nitrogen and oxygen atoms in total. The van der Waals surface area contributed by atoms with E-state index in [0.717, 1.165) is 35.8 Å². The van der Waals surface area contributed by atoms with Gasteiger partial charge in [-0.05, 0) is 58.1 Å². The minimum Gasteiger partial charge on any atom is -0.444 e. The van der Waals surface area contributed by atoms with Crippen LogP contribution in [-0.4, -0.2) is 68.3 Å². The van der Waals surface area contributed by atoms with Crippen LogP contribution in [0.1, 0.15) is 40.0 Å². The molecule has 0 saturated carbocycles. The lowest BCUT2D eigenvalue weighted by Gasteiger charge is -2.33. The molecule has 184 valence electrons. The van der Waals surface area contributed by atoms with Crippen molar-refractivity contribution in [3.8, 4) is 0 Å². The fraction of sp³-hybridized carbons (Fsp3) is 0.583. The molecule has 0 spiro atoms. The number of amides is 1. The third-order valence-electron chi connectivity index (χ3n) is 5.83. The molecule has 1 aliphatic heterocycles. The highest BCUT2D eigenvalue weighted by molar-refractivity contribution is 7.99. The van der Waals surface area contributed by atoms with Crippen LogP contribution in [0.4, 0.5) is 4.79 Å². The molecule has 1 atom stereocenters. The average molecular weight is 488 g/mol. The lowest BCUT2D eigenvalue weighted by Crippen LogP contribution is -2.43. The molecular formula is C24H33N5O4S. The minimum absolute atomic E-state index is 0.0663. The molecule has 0 radical (unpaired) electrons. The quantitative estimate of drug-likeness (QED) is 0.370. The Morgan fingerprint density at radius 1 is 1.24 bits per heavy atom. The van der Waals surface area contributed by atoms with Gasteiger partial charge in [-0.3, -0.25) is 13.8 Å². The predicted octanol–water partition coefficient (Wildman–Crippen LogP) is 3.82. The second kappa shape index (κ2) is 10.4. The number of thioether (sulfide) groups is 1. The van der Waals surface area contributed by atoms with E-state index in [4.69, 9.17) is 9.47 Å². The lowest BCUT2D eigenvalue weighted by atomic mass is 10.0. The number of aryl methyl sites for hydroxylation is 1. The number of nitrogens with zero attached hydrogens (tertiary/aromatic N) is 5. The molecule has 2 aromatic heterocycles. The molecule has 1 aromatic carbocycles. The third kappa shape index (κ3) is 5.38. The van der Waals surface area contributed by atoms with Gasteiger partial charge in [-0.2, -0.15) is 0 Å². The van der Waals surface area contributed by atoms with Crippen molar-refractivity contribution < 1.29 is 14.3 Å². The van der Waals surface area contributed by atoms with E-state index in [1.165, 1.54) is 0 Å². The molecule has 0 bridgehead atoms. The Hall–Kier alpha value is -2.59. The number of methoxy groups -OCH3 is 1. The number of rotatable bonds is 7. The summed E-state index contributed by atoms with van der Waals surface area (Å²) in [6.07, 6.45) is 2.46. The second-order valence-corrected chi connectivity index (χ2v) is 10.7. The molecule has 1 aliphatic rings. The third-order valence-corrected chi connectivity index (χ3v) is 6.99. The molecule has 10 heteroatoms. The molecule has 1 fully saturated rings. The number of ether oxygens (including phenoxy) is 2. The van der Waals surface area contributed by atoms with Gasteiger partial charge in [-0.15, -0.1) is 10.2 Å². The number of carbonyl (C=O) groups excluding carboxylic acids is 1. The van der Waals surface area contributed by atoms with E-state index in [-0.39, 0.29) is 11.7 Å². The highest BCUT2D eigenvalue weighted by atomic mass is 32.2.